The first-order chi connectivity index (χ1) is 7.04. The van der Waals surface area contributed by atoms with Crippen LogP contribution < -0.4 is 15.8 Å². The highest BCUT2D eigenvalue weighted by Gasteiger charge is 2.09. The number of nitrogens with two attached hydrogens (primary N) is 1. The van der Waals surface area contributed by atoms with Crippen LogP contribution in [-0.4, -0.2) is 19.1 Å². The number of anilines is 1. The third kappa shape index (κ3) is 3.72. The molecular formula is C11H17ClN2O2. The van der Waals surface area contributed by atoms with Crippen molar-refractivity contribution in [2.75, 3.05) is 12.4 Å². The molecule has 4 nitrogen and oxygen atoms in total. The number of methoxy groups -OCH3 is 1. The Hall–Kier alpha value is -1.26. The van der Waals surface area contributed by atoms with Crippen molar-refractivity contribution >= 4 is 24.0 Å². The van der Waals surface area contributed by atoms with Gasteiger partial charge in [0.15, 0.2) is 0 Å². The second-order valence-electron chi connectivity index (χ2n) is 3.46. The van der Waals surface area contributed by atoms with Gasteiger partial charge in [-0.25, -0.2) is 0 Å². The van der Waals surface area contributed by atoms with Gasteiger partial charge in [0.25, 0.3) is 0 Å². The molecule has 0 bridgehead atoms. The van der Waals surface area contributed by atoms with Crippen molar-refractivity contribution in [2.45, 2.75) is 19.9 Å². The fourth-order valence-electron chi connectivity index (χ4n) is 1.15. The standard InChI is InChI=1S/C11H16N2O2.ClH/c1-7-6-9(15-3)4-5-10(7)13-11(14)8(2)12;/h4-6,8H,12H2,1-3H3,(H,13,14);1H. The van der Waals surface area contributed by atoms with Crippen molar-refractivity contribution in [3.8, 4) is 5.75 Å². The number of carbonyl (C=O) groups excluding carboxylic acids is 1. The number of rotatable bonds is 3. The summed E-state index contributed by atoms with van der Waals surface area (Å²) in [6, 6.07) is 4.95. The lowest BCUT2D eigenvalue weighted by molar-refractivity contribution is -0.117. The maximum absolute atomic E-state index is 11.4. The second kappa shape index (κ2) is 6.35. The Kier molecular flexibility index (Phi) is 5.85. The molecule has 0 aliphatic heterocycles. The summed E-state index contributed by atoms with van der Waals surface area (Å²) in [4.78, 5) is 11.4. The Bertz CT molecular complexity index is 367. The fourth-order valence-corrected chi connectivity index (χ4v) is 1.15. The Labute approximate surface area is 102 Å². The van der Waals surface area contributed by atoms with Crippen molar-refractivity contribution in [1.29, 1.82) is 0 Å². The van der Waals surface area contributed by atoms with Crippen molar-refractivity contribution in [1.82, 2.24) is 0 Å². The molecule has 0 heterocycles. The first kappa shape index (κ1) is 14.7. The maximum Gasteiger partial charge on any atom is 0.241 e. The Balaban J connectivity index is 0.00000225. The van der Waals surface area contributed by atoms with Gasteiger partial charge in [-0.2, -0.15) is 0 Å². The lowest BCUT2D eigenvalue weighted by atomic mass is 10.2. The van der Waals surface area contributed by atoms with Gasteiger partial charge in [-0.3, -0.25) is 4.79 Å². The van der Waals surface area contributed by atoms with Crippen LogP contribution in [0.3, 0.4) is 0 Å². The summed E-state index contributed by atoms with van der Waals surface area (Å²) in [5, 5.41) is 2.74. The molecule has 0 aliphatic carbocycles. The first-order valence-corrected chi connectivity index (χ1v) is 4.75. The topological polar surface area (TPSA) is 64.3 Å². The average molecular weight is 245 g/mol. The van der Waals surface area contributed by atoms with Gasteiger partial charge in [0, 0.05) is 5.69 Å². The van der Waals surface area contributed by atoms with Crippen molar-refractivity contribution < 1.29 is 9.53 Å². The highest BCUT2D eigenvalue weighted by Crippen LogP contribution is 2.20. The number of hydrogen-bond acceptors (Lipinski definition) is 3. The van der Waals surface area contributed by atoms with Gasteiger partial charge in [-0.05, 0) is 37.6 Å². The molecule has 3 N–H and O–H groups in total. The molecular weight excluding hydrogens is 228 g/mol. The molecule has 0 fully saturated rings. The average Bonchev–Trinajstić information content (AvgIpc) is 2.20. The smallest absolute Gasteiger partial charge is 0.241 e. The molecule has 0 saturated heterocycles. The molecule has 1 rings (SSSR count). The monoisotopic (exact) mass is 244 g/mol. The lowest BCUT2D eigenvalue weighted by Crippen LogP contribution is -2.32. The zero-order valence-corrected chi connectivity index (χ0v) is 10.4. The van der Waals surface area contributed by atoms with Crippen LogP contribution in [-0.2, 0) is 4.79 Å². The van der Waals surface area contributed by atoms with E-state index < -0.39 is 6.04 Å². The molecule has 1 amide bonds. The number of carbonyl (C=O) groups is 1. The van der Waals surface area contributed by atoms with Gasteiger partial charge < -0.3 is 15.8 Å². The number of benzene rings is 1. The van der Waals surface area contributed by atoms with E-state index in [2.05, 4.69) is 5.32 Å². The summed E-state index contributed by atoms with van der Waals surface area (Å²) in [5.74, 6) is 0.578. The molecule has 0 aromatic heterocycles. The van der Waals surface area contributed by atoms with Crippen LogP contribution in [0.2, 0.25) is 0 Å². The van der Waals surface area contributed by atoms with Crippen molar-refractivity contribution in [3.63, 3.8) is 0 Å². The number of nitrogens with one attached hydrogen (secondary N) is 1. The number of hydrogen-bond donors (Lipinski definition) is 2. The van der Waals surface area contributed by atoms with E-state index in [-0.39, 0.29) is 18.3 Å². The summed E-state index contributed by atoms with van der Waals surface area (Å²) in [6.45, 7) is 3.55. The van der Waals surface area contributed by atoms with E-state index in [0.717, 1.165) is 17.0 Å². The maximum atomic E-state index is 11.4. The first-order valence-electron chi connectivity index (χ1n) is 4.75. The highest BCUT2D eigenvalue weighted by atomic mass is 35.5. The van der Waals surface area contributed by atoms with Crippen LogP contribution in [0.4, 0.5) is 5.69 Å². The van der Waals surface area contributed by atoms with Gasteiger partial charge >= 0.3 is 0 Å². The van der Waals surface area contributed by atoms with Crippen LogP contribution in [0.1, 0.15) is 12.5 Å². The predicted molar refractivity (Wildman–Crippen MR) is 67.3 cm³/mol. The van der Waals surface area contributed by atoms with Gasteiger partial charge in [-0.15, -0.1) is 12.4 Å². The summed E-state index contributed by atoms with van der Waals surface area (Å²) in [5.41, 5.74) is 7.16. The van der Waals surface area contributed by atoms with E-state index in [1.165, 1.54) is 0 Å². The molecule has 0 spiro atoms. The summed E-state index contributed by atoms with van der Waals surface area (Å²) >= 11 is 0. The molecule has 90 valence electrons. The number of aryl methyl sites for hydroxylation is 1. The van der Waals surface area contributed by atoms with Crippen LogP contribution >= 0.6 is 12.4 Å². The normalized spacial score (nSPS) is 11.2. The second-order valence-corrected chi connectivity index (χ2v) is 3.46. The Morgan fingerprint density at radius 1 is 1.50 bits per heavy atom. The quantitative estimate of drug-likeness (QED) is 0.851. The minimum atomic E-state index is -0.508. The Morgan fingerprint density at radius 2 is 2.12 bits per heavy atom. The number of amides is 1. The molecule has 0 radical (unpaired) electrons. The molecule has 0 aliphatic rings. The summed E-state index contributed by atoms with van der Waals surface area (Å²) in [7, 11) is 1.61. The van der Waals surface area contributed by atoms with Gasteiger partial charge in [0.1, 0.15) is 5.75 Å². The highest BCUT2D eigenvalue weighted by molar-refractivity contribution is 5.95. The minimum Gasteiger partial charge on any atom is -0.497 e. The number of halogens is 1. The van der Waals surface area contributed by atoms with E-state index in [1.54, 1.807) is 26.2 Å². The predicted octanol–water partition coefficient (Wildman–Crippen LogP) is 1.71. The van der Waals surface area contributed by atoms with Gasteiger partial charge in [0.2, 0.25) is 5.91 Å². The van der Waals surface area contributed by atoms with Gasteiger partial charge in [0.05, 0.1) is 13.2 Å². The molecule has 0 saturated carbocycles. The zero-order valence-electron chi connectivity index (χ0n) is 9.61. The van der Waals surface area contributed by atoms with E-state index in [0.29, 0.717) is 0 Å². The van der Waals surface area contributed by atoms with Crippen LogP contribution in [0.15, 0.2) is 18.2 Å². The SMILES string of the molecule is COc1ccc(NC(=O)C(C)N)c(C)c1.Cl. The molecule has 16 heavy (non-hydrogen) atoms. The largest absolute Gasteiger partial charge is 0.497 e. The van der Waals surface area contributed by atoms with E-state index in [9.17, 15) is 4.79 Å². The third-order valence-corrected chi connectivity index (χ3v) is 2.11. The third-order valence-electron chi connectivity index (χ3n) is 2.11. The fraction of sp³-hybridized carbons (Fsp3) is 0.364. The van der Waals surface area contributed by atoms with E-state index in [1.807, 2.05) is 13.0 Å². The molecule has 1 unspecified atom stereocenters. The lowest BCUT2D eigenvalue weighted by Gasteiger charge is -2.11. The Morgan fingerprint density at radius 3 is 2.56 bits per heavy atom. The number of ether oxygens (including phenoxy) is 1. The zero-order chi connectivity index (χ0) is 11.4. The van der Waals surface area contributed by atoms with Crippen molar-refractivity contribution in [3.05, 3.63) is 23.8 Å². The molecule has 1 aromatic carbocycles. The van der Waals surface area contributed by atoms with Crippen LogP contribution in [0.25, 0.3) is 0 Å². The molecule has 5 heteroatoms. The minimum absolute atomic E-state index is 0. The molecule has 1 aromatic rings. The van der Waals surface area contributed by atoms with E-state index >= 15 is 0 Å². The summed E-state index contributed by atoms with van der Waals surface area (Å²) < 4.78 is 5.07. The van der Waals surface area contributed by atoms with E-state index in [4.69, 9.17) is 10.5 Å². The van der Waals surface area contributed by atoms with Gasteiger partial charge in [-0.1, -0.05) is 0 Å². The van der Waals surface area contributed by atoms with Crippen LogP contribution in [0.5, 0.6) is 5.75 Å². The summed E-state index contributed by atoms with van der Waals surface area (Å²) in [6.07, 6.45) is 0. The van der Waals surface area contributed by atoms with Crippen molar-refractivity contribution in [2.24, 2.45) is 5.73 Å². The van der Waals surface area contributed by atoms with Crippen LogP contribution in [0, 0.1) is 6.92 Å². The molecule has 1 atom stereocenters.